The standard InChI is InChI=1S/C23H34O2/c1-4-17-6-10-19(11-7-17)16(3)22-15-14-21(23(24)25-22)20-12-8-18(5-2)9-13-20/h8-9,12-13,16-17,19,21-22H,4-7,10-11,14-15H2,1-3H3. The Morgan fingerprint density at radius 2 is 1.68 bits per heavy atom. The topological polar surface area (TPSA) is 26.3 Å². The Kier molecular flexibility index (Phi) is 6.19. The number of carbonyl (C=O) groups excluding carboxylic acids is 1. The molecule has 0 radical (unpaired) electrons. The first-order valence-corrected chi connectivity index (χ1v) is 10.4. The fourth-order valence-corrected chi connectivity index (χ4v) is 4.82. The predicted octanol–water partition coefficient (Wildman–Crippen LogP) is 5.89. The summed E-state index contributed by atoms with van der Waals surface area (Å²) >= 11 is 0. The van der Waals surface area contributed by atoms with Gasteiger partial charge in [-0.3, -0.25) is 4.79 Å². The molecule has 0 N–H and O–H groups in total. The van der Waals surface area contributed by atoms with E-state index in [1.165, 1.54) is 37.7 Å². The lowest BCUT2D eigenvalue weighted by molar-refractivity contribution is -0.161. The third kappa shape index (κ3) is 4.27. The van der Waals surface area contributed by atoms with Crippen molar-refractivity contribution >= 4 is 5.97 Å². The van der Waals surface area contributed by atoms with E-state index in [1.807, 2.05) is 0 Å². The van der Waals surface area contributed by atoms with Gasteiger partial charge >= 0.3 is 5.97 Å². The summed E-state index contributed by atoms with van der Waals surface area (Å²) in [5.74, 6) is 2.10. The number of esters is 1. The monoisotopic (exact) mass is 342 g/mol. The van der Waals surface area contributed by atoms with Gasteiger partial charge in [-0.15, -0.1) is 0 Å². The molecule has 0 aromatic heterocycles. The van der Waals surface area contributed by atoms with Crippen LogP contribution in [0.25, 0.3) is 0 Å². The zero-order valence-corrected chi connectivity index (χ0v) is 16.2. The first-order valence-electron chi connectivity index (χ1n) is 10.4. The number of rotatable bonds is 5. The van der Waals surface area contributed by atoms with Gasteiger partial charge in [0.1, 0.15) is 6.10 Å². The van der Waals surface area contributed by atoms with Gasteiger partial charge in [0.25, 0.3) is 0 Å². The van der Waals surface area contributed by atoms with Crippen LogP contribution in [-0.4, -0.2) is 12.1 Å². The Balaban J connectivity index is 1.56. The highest BCUT2D eigenvalue weighted by atomic mass is 16.5. The average molecular weight is 343 g/mol. The van der Waals surface area contributed by atoms with Crippen LogP contribution in [0.2, 0.25) is 0 Å². The minimum Gasteiger partial charge on any atom is -0.462 e. The molecule has 1 heterocycles. The zero-order chi connectivity index (χ0) is 17.8. The Bertz CT molecular complexity index is 554. The molecule has 1 saturated heterocycles. The van der Waals surface area contributed by atoms with Crippen LogP contribution in [0.1, 0.15) is 82.8 Å². The van der Waals surface area contributed by atoms with E-state index in [0.29, 0.717) is 5.92 Å². The Hall–Kier alpha value is -1.31. The van der Waals surface area contributed by atoms with Gasteiger partial charge in [-0.1, -0.05) is 64.3 Å². The molecule has 138 valence electrons. The Labute approximate surface area is 153 Å². The largest absolute Gasteiger partial charge is 0.462 e. The second-order valence-corrected chi connectivity index (χ2v) is 8.25. The van der Waals surface area contributed by atoms with Crippen LogP contribution in [0.4, 0.5) is 0 Å². The van der Waals surface area contributed by atoms with E-state index in [4.69, 9.17) is 4.74 Å². The molecule has 0 bridgehead atoms. The smallest absolute Gasteiger partial charge is 0.313 e. The highest BCUT2D eigenvalue weighted by Crippen LogP contribution is 2.40. The highest BCUT2D eigenvalue weighted by Gasteiger charge is 2.37. The number of aryl methyl sites for hydroxylation is 1. The second-order valence-electron chi connectivity index (χ2n) is 8.25. The molecule has 1 aliphatic carbocycles. The first-order chi connectivity index (χ1) is 12.1. The normalized spacial score (nSPS) is 31.4. The molecule has 0 amide bonds. The fourth-order valence-electron chi connectivity index (χ4n) is 4.82. The molecule has 3 rings (SSSR count). The van der Waals surface area contributed by atoms with E-state index in [-0.39, 0.29) is 18.0 Å². The number of carbonyl (C=O) groups is 1. The minimum absolute atomic E-state index is 0.00501. The molecule has 3 atom stereocenters. The van der Waals surface area contributed by atoms with Crippen LogP contribution >= 0.6 is 0 Å². The van der Waals surface area contributed by atoms with Gasteiger partial charge in [0.2, 0.25) is 0 Å². The highest BCUT2D eigenvalue weighted by molar-refractivity contribution is 5.79. The fraction of sp³-hybridized carbons (Fsp3) is 0.696. The van der Waals surface area contributed by atoms with E-state index in [2.05, 4.69) is 45.0 Å². The van der Waals surface area contributed by atoms with Crippen LogP contribution in [0.15, 0.2) is 24.3 Å². The third-order valence-electron chi connectivity index (χ3n) is 6.88. The molecule has 25 heavy (non-hydrogen) atoms. The SMILES string of the molecule is CCc1ccc(C2CCC(C(C)C3CCC(CC)CC3)OC2=O)cc1. The number of hydrogen-bond acceptors (Lipinski definition) is 2. The van der Waals surface area contributed by atoms with Crippen molar-refractivity contribution in [1.29, 1.82) is 0 Å². The lowest BCUT2D eigenvalue weighted by Gasteiger charge is -2.38. The van der Waals surface area contributed by atoms with Gasteiger partial charge < -0.3 is 4.74 Å². The molecule has 0 spiro atoms. The van der Waals surface area contributed by atoms with Crippen LogP contribution in [-0.2, 0) is 16.0 Å². The molecule has 2 fully saturated rings. The molecule has 2 aliphatic rings. The quantitative estimate of drug-likeness (QED) is 0.624. The van der Waals surface area contributed by atoms with Crippen molar-refractivity contribution in [2.75, 3.05) is 0 Å². The first kappa shape index (κ1) is 18.5. The van der Waals surface area contributed by atoms with E-state index >= 15 is 0 Å². The average Bonchev–Trinajstić information content (AvgIpc) is 2.67. The summed E-state index contributed by atoms with van der Waals surface area (Å²) in [5.41, 5.74) is 2.44. The summed E-state index contributed by atoms with van der Waals surface area (Å²) in [6, 6.07) is 8.51. The van der Waals surface area contributed by atoms with Gasteiger partial charge in [-0.25, -0.2) is 0 Å². The summed E-state index contributed by atoms with van der Waals surface area (Å²) in [6.45, 7) is 6.78. The van der Waals surface area contributed by atoms with Gasteiger partial charge in [0, 0.05) is 0 Å². The Morgan fingerprint density at radius 1 is 1.00 bits per heavy atom. The summed E-state index contributed by atoms with van der Waals surface area (Å²) in [5, 5.41) is 0. The number of benzene rings is 1. The molecular weight excluding hydrogens is 308 g/mol. The van der Waals surface area contributed by atoms with Crippen LogP contribution in [0.5, 0.6) is 0 Å². The van der Waals surface area contributed by atoms with Crippen molar-refractivity contribution < 1.29 is 9.53 Å². The molecule has 1 aliphatic heterocycles. The minimum atomic E-state index is -0.0646. The van der Waals surface area contributed by atoms with Crippen LogP contribution in [0, 0.1) is 17.8 Å². The summed E-state index contributed by atoms with van der Waals surface area (Å²) in [6.07, 6.45) is 9.78. The summed E-state index contributed by atoms with van der Waals surface area (Å²) in [4.78, 5) is 12.6. The summed E-state index contributed by atoms with van der Waals surface area (Å²) in [7, 11) is 0. The summed E-state index contributed by atoms with van der Waals surface area (Å²) < 4.78 is 5.94. The zero-order valence-electron chi connectivity index (χ0n) is 16.2. The number of ether oxygens (including phenoxy) is 1. The lowest BCUT2D eigenvalue weighted by Crippen LogP contribution is -2.37. The molecular formula is C23H34O2. The van der Waals surface area contributed by atoms with Crippen LogP contribution in [0.3, 0.4) is 0 Å². The van der Waals surface area contributed by atoms with Crippen molar-refractivity contribution in [3.8, 4) is 0 Å². The van der Waals surface area contributed by atoms with E-state index in [1.54, 1.807) is 0 Å². The van der Waals surface area contributed by atoms with Crippen molar-refractivity contribution in [2.45, 2.75) is 84.2 Å². The molecule has 1 saturated carbocycles. The number of hydrogen-bond donors (Lipinski definition) is 0. The molecule has 3 unspecified atom stereocenters. The van der Waals surface area contributed by atoms with Crippen LogP contribution < -0.4 is 0 Å². The van der Waals surface area contributed by atoms with Crippen molar-refractivity contribution in [2.24, 2.45) is 17.8 Å². The molecule has 2 heteroatoms. The van der Waals surface area contributed by atoms with Crippen molar-refractivity contribution in [3.63, 3.8) is 0 Å². The molecule has 2 nitrogen and oxygen atoms in total. The maximum atomic E-state index is 12.6. The maximum Gasteiger partial charge on any atom is 0.313 e. The Morgan fingerprint density at radius 3 is 2.24 bits per heavy atom. The van der Waals surface area contributed by atoms with Gasteiger partial charge in [-0.05, 0) is 61.0 Å². The lowest BCUT2D eigenvalue weighted by atomic mass is 9.72. The van der Waals surface area contributed by atoms with Gasteiger partial charge in [0.15, 0.2) is 0 Å². The second kappa shape index (κ2) is 8.38. The van der Waals surface area contributed by atoms with Crippen molar-refractivity contribution in [3.05, 3.63) is 35.4 Å². The predicted molar refractivity (Wildman–Crippen MR) is 103 cm³/mol. The van der Waals surface area contributed by atoms with E-state index in [0.717, 1.165) is 36.7 Å². The van der Waals surface area contributed by atoms with E-state index < -0.39 is 0 Å². The molecule has 1 aromatic carbocycles. The van der Waals surface area contributed by atoms with Gasteiger partial charge in [-0.2, -0.15) is 0 Å². The maximum absolute atomic E-state index is 12.6. The van der Waals surface area contributed by atoms with E-state index in [9.17, 15) is 4.79 Å². The molecule has 1 aromatic rings. The third-order valence-corrected chi connectivity index (χ3v) is 6.88. The van der Waals surface area contributed by atoms with Gasteiger partial charge in [0.05, 0.1) is 5.92 Å². The van der Waals surface area contributed by atoms with Crippen molar-refractivity contribution in [1.82, 2.24) is 0 Å². The number of cyclic esters (lactones) is 1.